The number of rotatable bonds is 4. The Morgan fingerprint density at radius 3 is 1.98 bits per heavy atom. The van der Waals surface area contributed by atoms with Gasteiger partial charge in [-0.25, -0.2) is 19.9 Å². The van der Waals surface area contributed by atoms with Crippen LogP contribution in [0.25, 0.3) is 83.3 Å². The number of benzene rings is 6. The number of imidazole rings is 1. The molecule has 0 unspecified atom stereocenters. The van der Waals surface area contributed by atoms with Crippen LogP contribution in [0.4, 0.5) is 0 Å². The van der Waals surface area contributed by atoms with E-state index in [0.717, 1.165) is 77.5 Å². The van der Waals surface area contributed by atoms with Gasteiger partial charge in [-0.15, -0.1) is 0 Å². The molecular weight excluding hydrogens is 550 g/mol. The van der Waals surface area contributed by atoms with E-state index in [-0.39, 0.29) is 0 Å². The van der Waals surface area contributed by atoms with Gasteiger partial charge in [0, 0.05) is 44.7 Å². The summed E-state index contributed by atoms with van der Waals surface area (Å²) in [5.74, 6) is 1.60. The lowest BCUT2D eigenvalue weighted by Gasteiger charge is -2.12. The van der Waals surface area contributed by atoms with Crippen LogP contribution in [0.5, 0.6) is 0 Å². The molecule has 210 valence electrons. The van der Waals surface area contributed by atoms with Gasteiger partial charge < -0.3 is 0 Å². The van der Waals surface area contributed by atoms with Crippen LogP contribution in [0.1, 0.15) is 0 Å². The third-order valence-electron chi connectivity index (χ3n) is 8.44. The molecule has 0 atom stereocenters. The van der Waals surface area contributed by atoms with Crippen molar-refractivity contribution in [3.05, 3.63) is 152 Å². The quantitative estimate of drug-likeness (QED) is 0.196. The molecule has 45 heavy (non-hydrogen) atoms. The van der Waals surface area contributed by atoms with Gasteiger partial charge in [-0.2, -0.15) is 0 Å². The Labute approximate surface area is 259 Å². The molecule has 0 aliphatic rings. The van der Waals surface area contributed by atoms with E-state index >= 15 is 0 Å². The molecular formula is C40H25N5. The van der Waals surface area contributed by atoms with Crippen molar-refractivity contribution in [1.82, 2.24) is 24.5 Å². The van der Waals surface area contributed by atoms with Crippen molar-refractivity contribution < 1.29 is 0 Å². The molecule has 6 aromatic carbocycles. The van der Waals surface area contributed by atoms with E-state index in [1.54, 1.807) is 0 Å². The molecule has 9 aromatic rings. The standard InChI is InChI=1S/C40H25N5/c1-3-11-28(12-4-1)40-44-38-35(45(40)30-14-5-2-6-15-30)24-23-32-31-16-8-10-18-34(31)42-37(36(32)38)26-19-21-27(22-20-26)39-41-25-29-13-7-9-17-33(29)43-39/h1-25H. The summed E-state index contributed by atoms with van der Waals surface area (Å²) >= 11 is 0. The Balaban J connectivity index is 1.31. The summed E-state index contributed by atoms with van der Waals surface area (Å²) in [6.45, 7) is 0. The molecule has 3 heterocycles. The van der Waals surface area contributed by atoms with Crippen molar-refractivity contribution in [2.45, 2.75) is 0 Å². The smallest absolute Gasteiger partial charge is 0.159 e. The average molecular weight is 576 g/mol. The maximum atomic E-state index is 5.38. The summed E-state index contributed by atoms with van der Waals surface area (Å²) < 4.78 is 2.25. The first kappa shape index (κ1) is 25.3. The maximum absolute atomic E-state index is 5.38. The minimum Gasteiger partial charge on any atom is -0.292 e. The zero-order valence-electron chi connectivity index (χ0n) is 24.2. The minimum absolute atomic E-state index is 0.702. The lowest BCUT2D eigenvalue weighted by molar-refractivity contribution is 1.10. The Morgan fingerprint density at radius 1 is 0.467 bits per heavy atom. The first-order valence-electron chi connectivity index (χ1n) is 15.0. The molecule has 3 aromatic heterocycles. The topological polar surface area (TPSA) is 56.5 Å². The zero-order valence-corrected chi connectivity index (χ0v) is 24.2. The molecule has 5 heteroatoms. The third kappa shape index (κ3) is 4.17. The van der Waals surface area contributed by atoms with Crippen molar-refractivity contribution in [2.24, 2.45) is 0 Å². The SMILES string of the molecule is c1ccc(-c2nc3c4c(-c5ccc(-c6ncc7ccccc7n6)cc5)nc5ccccc5c4ccc3n2-c2ccccc2)cc1. The van der Waals surface area contributed by atoms with Gasteiger partial charge in [0.1, 0.15) is 5.82 Å². The summed E-state index contributed by atoms with van der Waals surface area (Å²) in [7, 11) is 0. The molecule has 5 nitrogen and oxygen atoms in total. The maximum Gasteiger partial charge on any atom is 0.159 e. The fraction of sp³-hybridized carbons (Fsp3) is 0. The Morgan fingerprint density at radius 2 is 1.16 bits per heavy atom. The summed E-state index contributed by atoms with van der Waals surface area (Å²) in [4.78, 5) is 20.1. The van der Waals surface area contributed by atoms with E-state index in [1.165, 1.54) is 0 Å². The van der Waals surface area contributed by atoms with Crippen LogP contribution in [0.15, 0.2) is 152 Å². The number of pyridine rings is 1. The molecule has 9 rings (SSSR count). The zero-order chi connectivity index (χ0) is 29.7. The summed E-state index contributed by atoms with van der Waals surface area (Å²) in [5.41, 5.74) is 8.83. The van der Waals surface area contributed by atoms with Crippen molar-refractivity contribution in [1.29, 1.82) is 0 Å². The van der Waals surface area contributed by atoms with Gasteiger partial charge in [-0.3, -0.25) is 4.57 Å². The number of fused-ring (bicyclic) bond motifs is 6. The largest absolute Gasteiger partial charge is 0.292 e. The lowest BCUT2D eigenvalue weighted by atomic mass is 9.98. The molecule has 0 saturated carbocycles. The highest BCUT2D eigenvalue weighted by atomic mass is 15.1. The van der Waals surface area contributed by atoms with Gasteiger partial charge in [0.05, 0.1) is 27.8 Å². The second kappa shape index (κ2) is 10.2. The second-order valence-electron chi connectivity index (χ2n) is 11.1. The van der Waals surface area contributed by atoms with E-state index in [0.29, 0.717) is 5.82 Å². The van der Waals surface area contributed by atoms with Gasteiger partial charge in [-0.1, -0.05) is 115 Å². The third-order valence-corrected chi connectivity index (χ3v) is 8.44. The molecule has 0 amide bonds. The number of hydrogen-bond donors (Lipinski definition) is 0. The van der Waals surface area contributed by atoms with Crippen molar-refractivity contribution >= 4 is 43.6 Å². The predicted octanol–water partition coefficient (Wildman–Crippen LogP) is 9.67. The Hall–Kier alpha value is -6.20. The first-order chi connectivity index (χ1) is 22.3. The molecule has 0 spiro atoms. The number of para-hydroxylation sites is 3. The summed E-state index contributed by atoms with van der Waals surface area (Å²) in [5, 5.41) is 4.29. The Bertz CT molecular complexity index is 2520. The van der Waals surface area contributed by atoms with Crippen LogP contribution in [0.3, 0.4) is 0 Å². The van der Waals surface area contributed by atoms with Crippen LogP contribution in [-0.4, -0.2) is 24.5 Å². The van der Waals surface area contributed by atoms with Gasteiger partial charge in [0.15, 0.2) is 5.82 Å². The molecule has 0 N–H and O–H groups in total. The van der Waals surface area contributed by atoms with Gasteiger partial charge >= 0.3 is 0 Å². The first-order valence-corrected chi connectivity index (χ1v) is 15.0. The number of aromatic nitrogens is 5. The van der Waals surface area contributed by atoms with E-state index in [9.17, 15) is 0 Å². The fourth-order valence-electron chi connectivity index (χ4n) is 6.30. The van der Waals surface area contributed by atoms with E-state index in [4.69, 9.17) is 15.0 Å². The van der Waals surface area contributed by atoms with Crippen molar-refractivity contribution in [2.75, 3.05) is 0 Å². The van der Waals surface area contributed by atoms with Crippen LogP contribution in [0.2, 0.25) is 0 Å². The number of nitrogens with zero attached hydrogens (tertiary/aromatic N) is 5. The van der Waals surface area contributed by atoms with Crippen LogP contribution < -0.4 is 0 Å². The molecule has 0 bridgehead atoms. The van der Waals surface area contributed by atoms with Gasteiger partial charge in [0.25, 0.3) is 0 Å². The molecule has 0 aliphatic heterocycles. The average Bonchev–Trinajstić information content (AvgIpc) is 3.52. The summed E-state index contributed by atoms with van der Waals surface area (Å²) in [6.07, 6.45) is 1.88. The molecule has 0 radical (unpaired) electrons. The molecule has 0 fully saturated rings. The van der Waals surface area contributed by atoms with Crippen LogP contribution >= 0.6 is 0 Å². The summed E-state index contributed by atoms with van der Waals surface area (Å²) in [6, 6.07) is 50.0. The Kier molecular flexibility index (Phi) is 5.74. The van der Waals surface area contributed by atoms with Gasteiger partial charge in [-0.05, 0) is 35.7 Å². The fourth-order valence-corrected chi connectivity index (χ4v) is 6.30. The predicted molar refractivity (Wildman–Crippen MR) is 183 cm³/mol. The molecule has 0 saturated heterocycles. The second-order valence-corrected chi connectivity index (χ2v) is 11.1. The van der Waals surface area contributed by atoms with Crippen molar-refractivity contribution in [3.63, 3.8) is 0 Å². The van der Waals surface area contributed by atoms with E-state index in [1.807, 2.05) is 48.7 Å². The highest BCUT2D eigenvalue weighted by molar-refractivity contribution is 6.20. The molecule has 0 aliphatic carbocycles. The highest BCUT2D eigenvalue weighted by Gasteiger charge is 2.20. The van der Waals surface area contributed by atoms with Crippen LogP contribution in [-0.2, 0) is 0 Å². The number of hydrogen-bond acceptors (Lipinski definition) is 4. The van der Waals surface area contributed by atoms with E-state index < -0.39 is 0 Å². The van der Waals surface area contributed by atoms with Crippen LogP contribution in [0, 0.1) is 0 Å². The lowest BCUT2D eigenvalue weighted by Crippen LogP contribution is -1.97. The highest BCUT2D eigenvalue weighted by Crippen LogP contribution is 2.40. The van der Waals surface area contributed by atoms with Gasteiger partial charge in [0.2, 0.25) is 0 Å². The van der Waals surface area contributed by atoms with E-state index in [2.05, 4.69) is 113 Å². The van der Waals surface area contributed by atoms with Crippen molar-refractivity contribution in [3.8, 4) is 39.7 Å². The minimum atomic E-state index is 0.702. The normalized spacial score (nSPS) is 11.6. The monoisotopic (exact) mass is 575 g/mol.